The standard InChI is InChI=1S/C20H17N3O7S/c1-30-15-4-2-3-5-16(15)31(28,29)22-11-6-7-12-13(10-11)20(27)23(19(12)26)14-8-9-17(24)21-18(14)25/h2-7,10,14,22H,8-9H2,1H3,(H,21,24,25). The summed E-state index contributed by atoms with van der Waals surface area (Å²) in [5.74, 6) is -2.44. The Kier molecular flexibility index (Phi) is 4.97. The third-order valence-electron chi connectivity index (χ3n) is 5.05. The number of carbonyl (C=O) groups is 4. The van der Waals surface area contributed by atoms with Crippen LogP contribution in [0.3, 0.4) is 0 Å². The van der Waals surface area contributed by atoms with Crippen molar-refractivity contribution in [1.82, 2.24) is 10.2 Å². The minimum absolute atomic E-state index is 0.00771. The lowest BCUT2D eigenvalue weighted by atomic mass is 10.0. The summed E-state index contributed by atoms with van der Waals surface area (Å²) < 4.78 is 33.0. The van der Waals surface area contributed by atoms with Gasteiger partial charge in [-0.05, 0) is 36.8 Å². The van der Waals surface area contributed by atoms with Gasteiger partial charge in [0.1, 0.15) is 16.7 Å². The molecule has 11 heteroatoms. The molecule has 0 aromatic heterocycles. The van der Waals surface area contributed by atoms with Gasteiger partial charge in [-0.25, -0.2) is 8.42 Å². The normalized spacial score (nSPS) is 18.6. The number of nitrogens with one attached hydrogen (secondary N) is 2. The molecule has 0 bridgehead atoms. The molecule has 160 valence electrons. The Labute approximate surface area is 177 Å². The molecule has 0 aliphatic carbocycles. The van der Waals surface area contributed by atoms with Crippen LogP contribution in [0, 0.1) is 0 Å². The summed E-state index contributed by atoms with van der Waals surface area (Å²) in [4.78, 5) is 49.8. The second kappa shape index (κ2) is 7.51. The average Bonchev–Trinajstić information content (AvgIpc) is 2.98. The number of methoxy groups -OCH3 is 1. The first-order valence-corrected chi connectivity index (χ1v) is 10.7. The largest absolute Gasteiger partial charge is 0.495 e. The Morgan fingerprint density at radius 2 is 1.74 bits per heavy atom. The second-order valence-corrected chi connectivity index (χ2v) is 8.61. The van der Waals surface area contributed by atoms with Crippen molar-refractivity contribution < 1.29 is 32.3 Å². The molecule has 31 heavy (non-hydrogen) atoms. The minimum atomic E-state index is -4.04. The Bertz CT molecular complexity index is 1240. The first-order chi connectivity index (χ1) is 14.7. The number of rotatable bonds is 5. The van der Waals surface area contributed by atoms with Gasteiger partial charge in [-0.3, -0.25) is 34.1 Å². The molecule has 2 aliphatic rings. The van der Waals surface area contributed by atoms with E-state index in [-0.39, 0.29) is 40.3 Å². The Hall–Kier alpha value is -3.73. The van der Waals surface area contributed by atoms with Crippen LogP contribution >= 0.6 is 0 Å². The summed E-state index contributed by atoms with van der Waals surface area (Å²) in [5, 5.41) is 2.12. The van der Waals surface area contributed by atoms with E-state index in [1.54, 1.807) is 12.1 Å². The number of nitrogens with zero attached hydrogens (tertiary/aromatic N) is 1. The van der Waals surface area contributed by atoms with Crippen molar-refractivity contribution in [3.05, 3.63) is 53.6 Å². The molecule has 2 aromatic carbocycles. The van der Waals surface area contributed by atoms with Gasteiger partial charge >= 0.3 is 0 Å². The molecule has 4 amide bonds. The quantitative estimate of drug-likeness (QED) is 0.655. The zero-order chi connectivity index (χ0) is 22.3. The van der Waals surface area contributed by atoms with E-state index in [1.807, 2.05) is 0 Å². The van der Waals surface area contributed by atoms with Crippen LogP contribution in [0.5, 0.6) is 5.75 Å². The van der Waals surface area contributed by atoms with E-state index in [0.717, 1.165) is 4.90 Å². The van der Waals surface area contributed by atoms with Crippen LogP contribution in [0.25, 0.3) is 0 Å². The molecule has 2 aromatic rings. The molecular formula is C20H17N3O7S. The van der Waals surface area contributed by atoms with Gasteiger partial charge in [0.15, 0.2) is 0 Å². The summed E-state index contributed by atoms with van der Waals surface area (Å²) in [5.41, 5.74) is 0.0841. The zero-order valence-corrected chi connectivity index (χ0v) is 17.1. The second-order valence-electron chi connectivity index (χ2n) is 6.96. The Balaban J connectivity index is 1.63. The SMILES string of the molecule is COc1ccccc1S(=O)(=O)Nc1ccc2c(c1)C(=O)N(C1CCC(=O)NC1=O)C2=O. The number of sulfonamides is 1. The molecule has 4 rings (SSSR count). The first kappa shape index (κ1) is 20.5. The van der Waals surface area contributed by atoms with Crippen molar-refractivity contribution in [3.63, 3.8) is 0 Å². The van der Waals surface area contributed by atoms with E-state index in [1.165, 1.54) is 37.4 Å². The van der Waals surface area contributed by atoms with Crippen molar-refractivity contribution in [1.29, 1.82) is 0 Å². The molecule has 0 spiro atoms. The minimum Gasteiger partial charge on any atom is -0.495 e. The summed E-state index contributed by atoms with van der Waals surface area (Å²) >= 11 is 0. The third-order valence-corrected chi connectivity index (χ3v) is 6.47. The molecule has 2 aliphatic heterocycles. The highest BCUT2D eigenvalue weighted by Gasteiger charge is 2.44. The number of piperidine rings is 1. The van der Waals surface area contributed by atoms with Gasteiger partial charge in [0.05, 0.1) is 18.2 Å². The van der Waals surface area contributed by atoms with Gasteiger partial charge < -0.3 is 4.74 Å². The monoisotopic (exact) mass is 443 g/mol. The predicted molar refractivity (Wildman–Crippen MR) is 107 cm³/mol. The van der Waals surface area contributed by atoms with Gasteiger partial charge in [-0.15, -0.1) is 0 Å². The summed E-state index contributed by atoms with van der Waals surface area (Å²) in [6.07, 6.45) is 0.0389. The number of ether oxygens (including phenoxy) is 1. The molecular weight excluding hydrogens is 426 g/mol. The fourth-order valence-corrected chi connectivity index (χ4v) is 4.81. The first-order valence-electron chi connectivity index (χ1n) is 9.24. The zero-order valence-electron chi connectivity index (χ0n) is 16.2. The maximum atomic E-state index is 12.9. The third kappa shape index (κ3) is 3.52. The topological polar surface area (TPSA) is 139 Å². The van der Waals surface area contributed by atoms with Crippen LogP contribution in [0.15, 0.2) is 47.4 Å². The van der Waals surface area contributed by atoms with Gasteiger partial charge in [0.2, 0.25) is 11.8 Å². The molecule has 0 saturated carbocycles. The molecule has 1 unspecified atom stereocenters. The highest BCUT2D eigenvalue weighted by molar-refractivity contribution is 7.92. The molecule has 1 saturated heterocycles. The van der Waals surface area contributed by atoms with Crippen molar-refractivity contribution in [2.75, 3.05) is 11.8 Å². The van der Waals surface area contributed by atoms with Crippen LogP contribution in [-0.2, 0) is 19.6 Å². The summed E-state index contributed by atoms with van der Waals surface area (Å²) in [6, 6.07) is 8.85. The number of carbonyl (C=O) groups excluding carboxylic acids is 4. The number of benzene rings is 2. The summed E-state index contributed by atoms with van der Waals surface area (Å²) in [7, 11) is -2.70. The molecule has 2 N–H and O–H groups in total. The fourth-order valence-electron chi connectivity index (χ4n) is 3.59. The number of para-hydroxylation sites is 1. The predicted octanol–water partition coefficient (Wildman–Crippen LogP) is 0.897. The van der Waals surface area contributed by atoms with Crippen LogP contribution in [0.4, 0.5) is 5.69 Å². The van der Waals surface area contributed by atoms with E-state index in [0.29, 0.717) is 0 Å². The average molecular weight is 443 g/mol. The van der Waals surface area contributed by atoms with E-state index < -0.39 is 39.7 Å². The van der Waals surface area contributed by atoms with Crippen molar-refractivity contribution in [2.45, 2.75) is 23.8 Å². The van der Waals surface area contributed by atoms with Crippen molar-refractivity contribution in [3.8, 4) is 5.75 Å². The maximum absolute atomic E-state index is 12.9. The van der Waals surface area contributed by atoms with Crippen LogP contribution in [-0.4, -0.2) is 50.1 Å². The number of fused-ring (bicyclic) bond motifs is 1. The highest BCUT2D eigenvalue weighted by atomic mass is 32.2. The van der Waals surface area contributed by atoms with Crippen molar-refractivity contribution in [2.24, 2.45) is 0 Å². The van der Waals surface area contributed by atoms with E-state index in [2.05, 4.69) is 10.0 Å². The smallest absolute Gasteiger partial charge is 0.265 e. The van der Waals surface area contributed by atoms with Crippen LogP contribution in [0.2, 0.25) is 0 Å². The molecule has 10 nitrogen and oxygen atoms in total. The lowest BCUT2D eigenvalue weighted by Gasteiger charge is -2.27. The highest BCUT2D eigenvalue weighted by Crippen LogP contribution is 2.31. The maximum Gasteiger partial charge on any atom is 0.265 e. The number of anilines is 1. The van der Waals surface area contributed by atoms with Gasteiger partial charge in [-0.2, -0.15) is 0 Å². The number of hydrogen-bond donors (Lipinski definition) is 2. The Morgan fingerprint density at radius 1 is 1.03 bits per heavy atom. The van der Waals surface area contributed by atoms with Gasteiger partial charge in [-0.1, -0.05) is 12.1 Å². The lowest BCUT2D eigenvalue weighted by Crippen LogP contribution is -2.54. The molecule has 1 fully saturated rings. The number of amides is 4. The van der Waals surface area contributed by atoms with E-state index in [9.17, 15) is 27.6 Å². The molecule has 2 heterocycles. The number of hydrogen-bond acceptors (Lipinski definition) is 7. The molecule has 1 atom stereocenters. The molecule has 0 radical (unpaired) electrons. The van der Waals surface area contributed by atoms with Gasteiger partial charge in [0.25, 0.3) is 21.8 Å². The summed E-state index contributed by atoms with van der Waals surface area (Å²) in [6.45, 7) is 0. The van der Waals surface area contributed by atoms with Crippen LogP contribution < -0.4 is 14.8 Å². The lowest BCUT2D eigenvalue weighted by molar-refractivity contribution is -0.136. The number of imide groups is 2. The van der Waals surface area contributed by atoms with Gasteiger partial charge in [0, 0.05) is 12.1 Å². The van der Waals surface area contributed by atoms with E-state index >= 15 is 0 Å². The van der Waals surface area contributed by atoms with Crippen LogP contribution in [0.1, 0.15) is 33.6 Å². The van der Waals surface area contributed by atoms with E-state index in [4.69, 9.17) is 4.74 Å². The fraction of sp³-hybridized carbons (Fsp3) is 0.200. The Morgan fingerprint density at radius 3 is 2.45 bits per heavy atom. The van der Waals surface area contributed by atoms with Crippen molar-refractivity contribution >= 4 is 39.3 Å².